The number of rotatable bonds is 4. The van der Waals surface area contributed by atoms with Crippen LogP contribution < -0.4 is 5.73 Å². The highest BCUT2D eigenvalue weighted by molar-refractivity contribution is 4.90. The van der Waals surface area contributed by atoms with Crippen LogP contribution in [0, 0.1) is 0 Å². The molecule has 0 aliphatic heterocycles. The van der Waals surface area contributed by atoms with E-state index < -0.39 is 18.3 Å². The zero-order valence-electron chi connectivity index (χ0n) is 8.56. The Hall–Kier alpha value is -0.290. The number of halogens is 3. The van der Waals surface area contributed by atoms with Gasteiger partial charge >= 0.3 is 6.18 Å². The van der Waals surface area contributed by atoms with E-state index in [1.54, 1.807) is 13.8 Å². The number of alkyl halides is 3. The van der Waals surface area contributed by atoms with Gasteiger partial charge in [0.1, 0.15) is 0 Å². The van der Waals surface area contributed by atoms with E-state index in [2.05, 4.69) is 0 Å². The predicted octanol–water partition coefficient (Wildman–Crippen LogP) is 1.75. The fraction of sp³-hybridized carbons (Fsp3) is 1.00. The van der Waals surface area contributed by atoms with Crippen molar-refractivity contribution in [1.82, 2.24) is 4.90 Å². The monoisotopic (exact) mass is 210 g/mol. The maximum Gasteiger partial charge on any atom is 0.401 e. The van der Waals surface area contributed by atoms with Gasteiger partial charge in [-0.25, -0.2) is 0 Å². The van der Waals surface area contributed by atoms with Crippen molar-refractivity contribution in [1.29, 1.82) is 0 Å². The first kappa shape index (κ1) is 11.8. The topological polar surface area (TPSA) is 29.3 Å². The molecule has 0 heterocycles. The Labute approximate surface area is 82.2 Å². The molecule has 84 valence electrons. The van der Waals surface area contributed by atoms with Crippen molar-refractivity contribution < 1.29 is 13.2 Å². The Morgan fingerprint density at radius 2 is 1.71 bits per heavy atom. The second kappa shape index (κ2) is 3.70. The summed E-state index contributed by atoms with van der Waals surface area (Å²) >= 11 is 0. The summed E-state index contributed by atoms with van der Waals surface area (Å²) in [4.78, 5) is 1.44. The minimum absolute atomic E-state index is 0.0967. The largest absolute Gasteiger partial charge is 0.401 e. The number of nitrogens with zero attached hydrogens (tertiary/aromatic N) is 1. The minimum Gasteiger partial charge on any atom is -0.324 e. The maximum atomic E-state index is 12.2. The lowest BCUT2D eigenvalue weighted by Crippen LogP contribution is -2.48. The first-order chi connectivity index (χ1) is 6.17. The third kappa shape index (κ3) is 4.81. The van der Waals surface area contributed by atoms with Crippen molar-refractivity contribution in [3.05, 3.63) is 0 Å². The van der Waals surface area contributed by atoms with E-state index in [9.17, 15) is 13.2 Å². The average molecular weight is 210 g/mol. The lowest BCUT2D eigenvalue weighted by molar-refractivity contribution is -0.148. The lowest BCUT2D eigenvalue weighted by atomic mass is 10.1. The van der Waals surface area contributed by atoms with Crippen LogP contribution in [-0.2, 0) is 0 Å². The number of hydrogen-bond acceptors (Lipinski definition) is 2. The molecule has 0 atom stereocenters. The van der Waals surface area contributed by atoms with Crippen LogP contribution >= 0.6 is 0 Å². The molecular weight excluding hydrogens is 193 g/mol. The molecule has 0 radical (unpaired) electrons. The zero-order chi connectivity index (χ0) is 11.0. The Morgan fingerprint density at radius 1 is 1.21 bits per heavy atom. The third-order valence-electron chi connectivity index (χ3n) is 2.06. The number of nitrogens with two attached hydrogens (primary N) is 1. The van der Waals surface area contributed by atoms with E-state index in [0.717, 1.165) is 12.8 Å². The molecule has 0 amide bonds. The smallest absolute Gasteiger partial charge is 0.324 e. The van der Waals surface area contributed by atoms with Gasteiger partial charge in [0.05, 0.1) is 6.54 Å². The second-order valence-corrected chi connectivity index (χ2v) is 4.74. The molecule has 1 fully saturated rings. The van der Waals surface area contributed by atoms with Crippen LogP contribution in [0.4, 0.5) is 13.2 Å². The van der Waals surface area contributed by atoms with E-state index in [-0.39, 0.29) is 6.04 Å². The van der Waals surface area contributed by atoms with Gasteiger partial charge in [0.25, 0.3) is 0 Å². The van der Waals surface area contributed by atoms with Crippen molar-refractivity contribution in [2.45, 2.75) is 44.4 Å². The van der Waals surface area contributed by atoms with Crippen LogP contribution in [0.25, 0.3) is 0 Å². The highest BCUT2D eigenvalue weighted by Gasteiger charge is 2.39. The van der Waals surface area contributed by atoms with Crippen molar-refractivity contribution in [2.75, 3.05) is 13.1 Å². The van der Waals surface area contributed by atoms with E-state index in [0.29, 0.717) is 6.54 Å². The van der Waals surface area contributed by atoms with Gasteiger partial charge in [0, 0.05) is 18.1 Å². The molecule has 1 aliphatic rings. The Balaban J connectivity index is 2.48. The van der Waals surface area contributed by atoms with E-state index in [4.69, 9.17) is 5.73 Å². The van der Waals surface area contributed by atoms with Gasteiger partial charge in [-0.15, -0.1) is 0 Å². The van der Waals surface area contributed by atoms with E-state index in [1.807, 2.05) is 0 Å². The van der Waals surface area contributed by atoms with Crippen LogP contribution in [0.15, 0.2) is 0 Å². The van der Waals surface area contributed by atoms with Crippen molar-refractivity contribution >= 4 is 0 Å². The Bertz CT molecular complexity index is 175. The molecule has 0 aromatic rings. The molecule has 0 bridgehead atoms. The van der Waals surface area contributed by atoms with E-state index >= 15 is 0 Å². The van der Waals surface area contributed by atoms with E-state index in [1.165, 1.54) is 4.90 Å². The normalized spacial score (nSPS) is 19.1. The molecule has 0 aromatic heterocycles. The van der Waals surface area contributed by atoms with Crippen molar-refractivity contribution in [2.24, 2.45) is 5.73 Å². The van der Waals surface area contributed by atoms with Gasteiger partial charge in [-0.1, -0.05) is 0 Å². The SMILES string of the molecule is CC(C)(N)CN(CC(F)(F)F)C1CC1. The van der Waals surface area contributed by atoms with Crippen LogP contribution in [0.5, 0.6) is 0 Å². The fourth-order valence-corrected chi connectivity index (χ4v) is 1.51. The third-order valence-corrected chi connectivity index (χ3v) is 2.06. The molecule has 2 nitrogen and oxygen atoms in total. The zero-order valence-corrected chi connectivity index (χ0v) is 8.56. The Morgan fingerprint density at radius 3 is 2.00 bits per heavy atom. The second-order valence-electron chi connectivity index (χ2n) is 4.74. The highest BCUT2D eigenvalue weighted by atomic mass is 19.4. The Kier molecular flexibility index (Phi) is 3.11. The molecule has 2 N–H and O–H groups in total. The van der Waals surface area contributed by atoms with Crippen LogP contribution in [0.2, 0.25) is 0 Å². The van der Waals surface area contributed by atoms with Crippen molar-refractivity contribution in [3.63, 3.8) is 0 Å². The standard InChI is InChI=1S/C9H17F3N2/c1-8(2,13)5-14(7-3-4-7)6-9(10,11)12/h7H,3-6,13H2,1-2H3. The first-order valence-electron chi connectivity index (χ1n) is 4.77. The van der Waals surface area contributed by atoms with Crippen molar-refractivity contribution in [3.8, 4) is 0 Å². The van der Waals surface area contributed by atoms with Crippen LogP contribution in [0.1, 0.15) is 26.7 Å². The molecule has 1 saturated carbocycles. The molecule has 1 aliphatic carbocycles. The molecule has 5 heteroatoms. The highest BCUT2D eigenvalue weighted by Crippen LogP contribution is 2.30. The van der Waals surface area contributed by atoms with Gasteiger partial charge in [0.2, 0.25) is 0 Å². The summed E-state index contributed by atoms with van der Waals surface area (Å²) < 4.78 is 36.6. The summed E-state index contributed by atoms with van der Waals surface area (Å²) in [6, 6.07) is 0.0967. The molecule has 0 saturated heterocycles. The fourth-order valence-electron chi connectivity index (χ4n) is 1.51. The van der Waals surface area contributed by atoms with Gasteiger partial charge in [-0.2, -0.15) is 13.2 Å². The minimum atomic E-state index is -4.12. The summed E-state index contributed by atoms with van der Waals surface area (Å²) in [6.07, 6.45) is -2.38. The van der Waals surface area contributed by atoms with Gasteiger partial charge in [-0.05, 0) is 26.7 Å². The van der Waals surface area contributed by atoms with Gasteiger partial charge in [-0.3, -0.25) is 4.90 Å². The summed E-state index contributed by atoms with van der Waals surface area (Å²) in [5.74, 6) is 0. The molecule has 1 rings (SSSR count). The molecule has 0 unspecified atom stereocenters. The molecule has 0 spiro atoms. The summed E-state index contributed by atoms with van der Waals surface area (Å²) in [5, 5.41) is 0. The molecular formula is C9H17F3N2. The summed E-state index contributed by atoms with van der Waals surface area (Å²) in [7, 11) is 0. The summed E-state index contributed by atoms with van der Waals surface area (Å²) in [5.41, 5.74) is 5.15. The molecule has 0 aromatic carbocycles. The van der Waals surface area contributed by atoms with Crippen LogP contribution in [0.3, 0.4) is 0 Å². The lowest BCUT2D eigenvalue weighted by Gasteiger charge is -2.30. The van der Waals surface area contributed by atoms with Crippen LogP contribution in [-0.4, -0.2) is 35.7 Å². The van der Waals surface area contributed by atoms with Gasteiger partial charge < -0.3 is 5.73 Å². The number of hydrogen-bond donors (Lipinski definition) is 1. The van der Waals surface area contributed by atoms with Gasteiger partial charge in [0.15, 0.2) is 0 Å². The average Bonchev–Trinajstić information content (AvgIpc) is 2.57. The predicted molar refractivity (Wildman–Crippen MR) is 48.9 cm³/mol. The molecule has 14 heavy (non-hydrogen) atoms. The quantitative estimate of drug-likeness (QED) is 0.766. The first-order valence-corrected chi connectivity index (χ1v) is 4.77. The maximum absolute atomic E-state index is 12.2. The summed E-state index contributed by atoms with van der Waals surface area (Å²) in [6.45, 7) is 2.97.